The number of rotatable bonds is 10. The topological polar surface area (TPSA) is 92.7 Å². The van der Waals surface area contributed by atoms with Gasteiger partial charge in [-0.3, -0.25) is 14.4 Å². The van der Waals surface area contributed by atoms with Gasteiger partial charge in [0, 0.05) is 6.04 Å². The summed E-state index contributed by atoms with van der Waals surface area (Å²) >= 11 is 0. The van der Waals surface area contributed by atoms with Crippen molar-refractivity contribution < 1.29 is 24.2 Å². The van der Waals surface area contributed by atoms with E-state index in [0.29, 0.717) is 38.5 Å². The van der Waals surface area contributed by atoms with Gasteiger partial charge in [0.25, 0.3) is 0 Å². The molecule has 0 bridgehead atoms. The van der Waals surface area contributed by atoms with Crippen LogP contribution in [0.4, 0.5) is 0 Å². The second kappa shape index (κ2) is 11.5. The van der Waals surface area contributed by atoms with Crippen LogP contribution in [-0.4, -0.2) is 29.0 Å². The smallest absolute Gasteiger partial charge is 0.309 e. The van der Waals surface area contributed by atoms with E-state index in [2.05, 4.69) is 12.2 Å². The second-order valence-electron chi connectivity index (χ2n) is 9.63. The molecule has 0 spiro atoms. The van der Waals surface area contributed by atoms with Gasteiger partial charge in [-0.2, -0.15) is 0 Å². The lowest BCUT2D eigenvalue weighted by Gasteiger charge is -2.34. The van der Waals surface area contributed by atoms with Crippen LogP contribution in [0.25, 0.3) is 0 Å². The zero-order chi connectivity index (χ0) is 23.0. The predicted octanol–water partition coefficient (Wildman–Crippen LogP) is 4.86. The quantitative estimate of drug-likeness (QED) is 0.504. The number of esters is 1. The average molecular weight is 444 g/mol. The summed E-state index contributed by atoms with van der Waals surface area (Å²) in [7, 11) is 0. The molecule has 6 nitrogen and oxygen atoms in total. The molecule has 1 unspecified atom stereocenters. The van der Waals surface area contributed by atoms with Crippen LogP contribution in [0.3, 0.4) is 0 Å². The maximum atomic E-state index is 13.4. The van der Waals surface area contributed by atoms with Gasteiger partial charge in [0.05, 0.1) is 17.3 Å². The second-order valence-corrected chi connectivity index (χ2v) is 9.63. The Morgan fingerprint density at radius 2 is 1.75 bits per heavy atom. The number of aliphatic carboxylic acids is 1. The zero-order valence-electron chi connectivity index (χ0n) is 19.2. The first-order valence-corrected chi connectivity index (χ1v) is 12.2. The normalized spacial score (nSPS) is 23.3. The van der Waals surface area contributed by atoms with Crippen LogP contribution in [0.5, 0.6) is 0 Å². The molecule has 2 aliphatic rings. The van der Waals surface area contributed by atoms with E-state index in [1.807, 2.05) is 30.3 Å². The molecular weight excluding hydrogens is 406 g/mol. The number of carboxylic acid groups (broad SMARTS) is 1. The van der Waals surface area contributed by atoms with Crippen molar-refractivity contribution in [2.24, 2.45) is 17.3 Å². The molecule has 1 aromatic rings. The fraction of sp³-hybridized carbons (Fsp3) is 0.654. The lowest BCUT2D eigenvalue weighted by Crippen LogP contribution is -2.47. The van der Waals surface area contributed by atoms with Gasteiger partial charge in [0.1, 0.15) is 6.61 Å². The van der Waals surface area contributed by atoms with Crippen molar-refractivity contribution in [1.82, 2.24) is 5.32 Å². The van der Waals surface area contributed by atoms with Gasteiger partial charge in [-0.15, -0.1) is 0 Å². The average Bonchev–Trinajstić information content (AvgIpc) is 3.28. The number of hydrogen-bond acceptors (Lipinski definition) is 4. The Morgan fingerprint density at radius 1 is 1.09 bits per heavy atom. The molecule has 1 amide bonds. The van der Waals surface area contributed by atoms with Crippen LogP contribution in [0.15, 0.2) is 30.3 Å². The largest absolute Gasteiger partial charge is 0.481 e. The molecule has 1 aromatic carbocycles. The third-order valence-electron chi connectivity index (χ3n) is 7.29. The van der Waals surface area contributed by atoms with Crippen LogP contribution < -0.4 is 5.32 Å². The molecule has 176 valence electrons. The Balaban J connectivity index is 1.61. The van der Waals surface area contributed by atoms with E-state index in [1.54, 1.807) is 0 Å². The Bertz CT molecular complexity index is 764. The minimum atomic E-state index is -0.738. The van der Waals surface area contributed by atoms with Gasteiger partial charge >= 0.3 is 11.9 Å². The summed E-state index contributed by atoms with van der Waals surface area (Å²) in [5.41, 5.74) is 0.441. The molecule has 0 aromatic heterocycles. The fourth-order valence-corrected chi connectivity index (χ4v) is 5.37. The Kier molecular flexibility index (Phi) is 8.71. The Labute approximate surface area is 191 Å². The van der Waals surface area contributed by atoms with E-state index in [-0.39, 0.29) is 36.4 Å². The van der Waals surface area contributed by atoms with Gasteiger partial charge in [0.15, 0.2) is 0 Å². The van der Waals surface area contributed by atoms with Crippen LogP contribution in [0.1, 0.15) is 83.1 Å². The molecule has 2 aliphatic carbocycles. The number of benzene rings is 1. The van der Waals surface area contributed by atoms with Crippen LogP contribution in [0, 0.1) is 17.3 Å². The molecule has 0 saturated heterocycles. The highest BCUT2D eigenvalue weighted by molar-refractivity contribution is 5.84. The fourth-order valence-electron chi connectivity index (χ4n) is 5.37. The van der Waals surface area contributed by atoms with E-state index < -0.39 is 11.4 Å². The third kappa shape index (κ3) is 6.33. The zero-order valence-corrected chi connectivity index (χ0v) is 19.2. The summed E-state index contributed by atoms with van der Waals surface area (Å²) in [5, 5.41) is 12.4. The molecular formula is C26H37NO5. The lowest BCUT2D eigenvalue weighted by molar-refractivity contribution is -0.152. The molecule has 1 atom stereocenters. The highest BCUT2D eigenvalue weighted by atomic mass is 16.5. The van der Waals surface area contributed by atoms with Crippen molar-refractivity contribution in [1.29, 1.82) is 0 Å². The van der Waals surface area contributed by atoms with Crippen molar-refractivity contribution in [2.45, 2.75) is 90.2 Å². The van der Waals surface area contributed by atoms with Crippen molar-refractivity contribution in [2.75, 3.05) is 0 Å². The Hall–Kier alpha value is -2.37. The maximum Gasteiger partial charge on any atom is 0.309 e. The number of ether oxygens (including phenoxy) is 1. The van der Waals surface area contributed by atoms with Crippen LogP contribution in [-0.2, 0) is 25.7 Å². The van der Waals surface area contributed by atoms with E-state index in [4.69, 9.17) is 4.74 Å². The van der Waals surface area contributed by atoms with Crippen molar-refractivity contribution in [3.05, 3.63) is 35.9 Å². The molecule has 32 heavy (non-hydrogen) atoms. The summed E-state index contributed by atoms with van der Waals surface area (Å²) < 4.78 is 5.64. The van der Waals surface area contributed by atoms with Crippen molar-refractivity contribution in [3.63, 3.8) is 0 Å². The SMILES string of the molecule is CCCC(CC1(C(=O)NC2CCC(C(=O)O)CC2)CCCC1)C(=O)OCc1ccccc1. The van der Waals surface area contributed by atoms with E-state index in [9.17, 15) is 19.5 Å². The number of carboxylic acids is 1. The van der Waals surface area contributed by atoms with E-state index in [1.165, 1.54) is 0 Å². The summed E-state index contributed by atoms with van der Waals surface area (Å²) in [4.78, 5) is 37.6. The van der Waals surface area contributed by atoms with Gasteiger partial charge in [-0.25, -0.2) is 0 Å². The first-order chi connectivity index (χ1) is 15.4. The number of nitrogens with one attached hydrogen (secondary N) is 1. The summed E-state index contributed by atoms with van der Waals surface area (Å²) in [6.07, 6.45) is 8.33. The molecule has 2 N–H and O–H groups in total. The summed E-state index contributed by atoms with van der Waals surface area (Å²) in [6, 6.07) is 9.69. The monoisotopic (exact) mass is 443 g/mol. The standard InChI is InChI=1S/C26H37NO5/c1-2-8-21(24(30)32-18-19-9-4-3-5-10-19)17-26(15-6-7-16-26)25(31)27-22-13-11-20(12-14-22)23(28)29/h3-5,9-10,20-22H,2,6-8,11-18H2,1H3,(H,27,31)(H,28,29). The maximum absolute atomic E-state index is 13.4. The minimum Gasteiger partial charge on any atom is -0.481 e. The van der Waals surface area contributed by atoms with Gasteiger partial charge in [0.2, 0.25) is 5.91 Å². The van der Waals surface area contributed by atoms with Gasteiger partial charge in [-0.05, 0) is 56.9 Å². The Morgan fingerprint density at radius 3 is 2.34 bits per heavy atom. The predicted molar refractivity (Wildman–Crippen MR) is 122 cm³/mol. The van der Waals surface area contributed by atoms with Crippen LogP contribution in [0.2, 0.25) is 0 Å². The lowest BCUT2D eigenvalue weighted by atomic mass is 9.75. The number of amides is 1. The van der Waals surface area contributed by atoms with E-state index in [0.717, 1.165) is 37.7 Å². The minimum absolute atomic E-state index is 0.0326. The first-order valence-electron chi connectivity index (χ1n) is 12.2. The number of hydrogen-bond donors (Lipinski definition) is 2. The van der Waals surface area contributed by atoms with Gasteiger partial charge in [-0.1, -0.05) is 56.5 Å². The summed E-state index contributed by atoms with van der Waals surface area (Å²) in [6.45, 7) is 2.31. The highest BCUT2D eigenvalue weighted by Crippen LogP contribution is 2.45. The summed E-state index contributed by atoms with van der Waals surface area (Å²) in [5.74, 6) is -1.48. The van der Waals surface area contributed by atoms with Crippen molar-refractivity contribution >= 4 is 17.8 Å². The number of carbonyl (C=O) groups is 3. The highest BCUT2D eigenvalue weighted by Gasteiger charge is 2.45. The molecule has 3 rings (SSSR count). The third-order valence-corrected chi connectivity index (χ3v) is 7.29. The van der Waals surface area contributed by atoms with Crippen molar-refractivity contribution in [3.8, 4) is 0 Å². The molecule has 0 aliphatic heterocycles. The molecule has 6 heteroatoms. The van der Waals surface area contributed by atoms with E-state index >= 15 is 0 Å². The van der Waals surface area contributed by atoms with Gasteiger partial charge < -0.3 is 15.2 Å². The number of carbonyl (C=O) groups excluding carboxylic acids is 2. The van der Waals surface area contributed by atoms with Crippen LogP contribution >= 0.6 is 0 Å². The molecule has 0 radical (unpaired) electrons. The molecule has 0 heterocycles. The molecule has 2 fully saturated rings. The first kappa shape index (κ1) is 24.3. The molecule has 2 saturated carbocycles.